The minimum absolute atomic E-state index is 0.0349. The van der Waals surface area contributed by atoms with Crippen molar-refractivity contribution in [2.45, 2.75) is 24.7 Å². The third-order valence-corrected chi connectivity index (χ3v) is 8.54. The second kappa shape index (κ2) is 10.3. The number of fused-ring (bicyclic) bond motifs is 1. The number of hydrogen-bond acceptors (Lipinski definition) is 8. The number of aryl methyl sites for hydroxylation is 1. The second-order valence-electron chi connectivity index (χ2n) is 9.18. The number of hydrazone groups is 1. The molecule has 0 unspecified atom stereocenters. The third-order valence-electron chi connectivity index (χ3n) is 6.64. The predicted octanol–water partition coefficient (Wildman–Crippen LogP) is 4.14. The first-order chi connectivity index (χ1) is 18.7. The van der Waals surface area contributed by atoms with Crippen molar-refractivity contribution in [3.63, 3.8) is 0 Å². The second-order valence-corrected chi connectivity index (χ2v) is 11.1. The number of hydrogen-bond donors (Lipinski definition) is 2. The van der Waals surface area contributed by atoms with Crippen LogP contribution in [0.3, 0.4) is 0 Å². The molecule has 2 heterocycles. The summed E-state index contributed by atoms with van der Waals surface area (Å²) in [7, 11) is -3.85. The molecule has 0 radical (unpaired) electrons. The molecule has 39 heavy (non-hydrogen) atoms. The first-order valence-corrected chi connectivity index (χ1v) is 13.6. The van der Waals surface area contributed by atoms with E-state index in [4.69, 9.17) is 0 Å². The molecule has 3 aromatic carbocycles. The minimum Gasteiger partial charge on any atom is -0.494 e. The minimum atomic E-state index is -3.85. The summed E-state index contributed by atoms with van der Waals surface area (Å²) in [4.78, 5) is 24.1. The zero-order valence-corrected chi connectivity index (χ0v) is 21.8. The van der Waals surface area contributed by atoms with Gasteiger partial charge in [0.2, 0.25) is 15.9 Å². The lowest BCUT2D eigenvalue weighted by molar-refractivity contribution is -0.384. The van der Waals surface area contributed by atoms with Crippen LogP contribution in [0.4, 0.5) is 11.4 Å². The standard InChI is InChI=1S/C27H25N5O6S/c1-18-8-10-19(11-9-18)31-26(33)22-7-3-2-6-21(22)23(27(31)34)17-28-29-24-13-12-20(16-25(24)32(35)36)39(37,38)30-14-4-5-15-30/h2-3,6-13,16-17,29,34H,4-5,14-15H2,1H3/b28-17+. The van der Waals surface area contributed by atoms with Crippen LogP contribution in [-0.2, 0) is 10.0 Å². The molecule has 0 aliphatic carbocycles. The summed E-state index contributed by atoms with van der Waals surface area (Å²) >= 11 is 0. The van der Waals surface area contributed by atoms with E-state index < -0.39 is 26.2 Å². The van der Waals surface area contributed by atoms with E-state index in [9.17, 15) is 28.4 Å². The maximum atomic E-state index is 13.2. The fourth-order valence-electron chi connectivity index (χ4n) is 4.58. The summed E-state index contributed by atoms with van der Waals surface area (Å²) < 4.78 is 28.2. The van der Waals surface area contributed by atoms with E-state index in [-0.39, 0.29) is 22.0 Å². The molecule has 5 rings (SSSR count). The average molecular weight is 548 g/mol. The Balaban J connectivity index is 1.53. The Morgan fingerprint density at radius 2 is 1.69 bits per heavy atom. The largest absolute Gasteiger partial charge is 0.494 e. The van der Waals surface area contributed by atoms with Crippen molar-refractivity contribution < 1.29 is 18.4 Å². The van der Waals surface area contributed by atoms with Crippen molar-refractivity contribution in [2.75, 3.05) is 18.5 Å². The lowest BCUT2D eigenvalue weighted by Crippen LogP contribution is -2.27. The highest BCUT2D eigenvalue weighted by atomic mass is 32.2. The number of aromatic nitrogens is 1. The van der Waals surface area contributed by atoms with Gasteiger partial charge in [-0.15, -0.1) is 0 Å². The number of nitrogens with zero attached hydrogens (tertiary/aromatic N) is 4. The first-order valence-electron chi connectivity index (χ1n) is 12.2. The highest BCUT2D eigenvalue weighted by molar-refractivity contribution is 7.89. The molecule has 0 bridgehead atoms. The number of anilines is 1. The summed E-state index contributed by atoms with van der Waals surface area (Å²) in [6, 6.07) is 17.4. The van der Waals surface area contributed by atoms with E-state index >= 15 is 0 Å². The van der Waals surface area contributed by atoms with Gasteiger partial charge in [0.1, 0.15) is 5.69 Å². The number of nitrogens with one attached hydrogen (secondary N) is 1. The molecule has 200 valence electrons. The van der Waals surface area contributed by atoms with Crippen LogP contribution in [0.5, 0.6) is 5.88 Å². The van der Waals surface area contributed by atoms with Crippen molar-refractivity contribution in [1.29, 1.82) is 0 Å². The molecule has 1 aliphatic rings. The smallest absolute Gasteiger partial charge is 0.295 e. The molecule has 2 N–H and O–H groups in total. The van der Waals surface area contributed by atoms with Crippen molar-refractivity contribution in [3.05, 3.63) is 98.3 Å². The molecule has 4 aromatic rings. The maximum Gasteiger partial charge on any atom is 0.295 e. The Labute approximate surface area is 223 Å². The van der Waals surface area contributed by atoms with Crippen LogP contribution in [-0.4, -0.2) is 46.6 Å². The summed E-state index contributed by atoms with van der Waals surface area (Å²) in [5.41, 5.74) is 3.33. The van der Waals surface area contributed by atoms with Gasteiger partial charge in [0.15, 0.2) is 0 Å². The van der Waals surface area contributed by atoms with E-state index in [1.807, 2.05) is 19.1 Å². The molecule has 11 nitrogen and oxygen atoms in total. The van der Waals surface area contributed by atoms with E-state index in [2.05, 4.69) is 10.5 Å². The average Bonchev–Trinajstić information content (AvgIpc) is 3.48. The Morgan fingerprint density at radius 1 is 1.03 bits per heavy atom. The van der Waals surface area contributed by atoms with Gasteiger partial charge in [-0.25, -0.2) is 13.0 Å². The van der Waals surface area contributed by atoms with Gasteiger partial charge in [-0.05, 0) is 50.1 Å². The van der Waals surface area contributed by atoms with Gasteiger partial charge in [0.25, 0.3) is 11.2 Å². The molecule has 12 heteroatoms. The number of sulfonamides is 1. The molecule has 0 saturated carbocycles. The fourth-order valence-corrected chi connectivity index (χ4v) is 6.12. The SMILES string of the molecule is Cc1ccc(-n2c(O)c(/C=N/Nc3ccc(S(=O)(=O)N4CCCC4)cc3[N+](=O)[O-])c3ccccc3c2=O)cc1. The Morgan fingerprint density at radius 3 is 2.36 bits per heavy atom. The summed E-state index contributed by atoms with van der Waals surface area (Å²) in [6.07, 6.45) is 2.75. The Kier molecular flexibility index (Phi) is 6.89. The van der Waals surface area contributed by atoms with Crippen LogP contribution in [0, 0.1) is 17.0 Å². The summed E-state index contributed by atoms with van der Waals surface area (Å²) in [6.45, 7) is 2.66. The summed E-state index contributed by atoms with van der Waals surface area (Å²) in [5.74, 6) is -0.352. The molecule has 1 saturated heterocycles. The lowest BCUT2D eigenvalue weighted by Gasteiger charge is -2.15. The number of nitro groups is 1. The highest BCUT2D eigenvalue weighted by Gasteiger charge is 2.29. The van der Waals surface area contributed by atoms with E-state index in [0.717, 1.165) is 24.5 Å². The number of rotatable bonds is 7. The van der Waals surface area contributed by atoms with Crippen molar-refractivity contribution >= 4 is 38.4 Å². The van der Waals surface area contributed by atoms with Crippen molar-refractivity contribution in [1.82, 2.24) is 8.87 Å². The summed E-state index contributed by atoms with van der Waals surface area (Å²) in [5, 5.41) is 27.8. The van der Waals surface area contributed by atoms with Crippen LogP contribution in [0.2, 0.25) is 0 Å². The predicted molar refractivity (Wildman–Crippen MR) is 148 cm³/mol. The first kappa shape index (κ1) is 26.1. The number of pyridine rings is 1. The Hall–Kier alpha value is -4.55. The van der Waals surface area contributed by atoms with Crippen LogP contribution in [0.1, 0.15) is 24.0 Å². The zero-order chi connectivity index (χ0) is 27.7. The topological polar surface area (TPSA) is 147 Å². The van der Waals surface area contributed by atoms with E-state index in [1.54, 1.807) is 36.4 Å². The quantitative estimate of drug-likeness (QED) is 0.201. The number of benzene rings is 3. The van der Waals surface area contributed by atoms with Gasteiger partial charge in [-0.2, -0.15) is 9.41 Å². The van der Waals surface area contributed by atoms with Crippen molar-refractivity contribution in [3.8, 4) is 11.6 Å². The zero-order valence-electron chi connectivity index (χ0n) is 20.9. The lowest BCUT2D eigenvalue weighted by atomic mass is 10.1. The molecule has 1 fully saturated rings. The van der Waals surface area contributed by atoms with Crippen molar-refractivity contribution in [2.24, 2.45) is 5.10 Å². The molecule has 0 atom stereocenters. The molecular formula is C27H25N5O6S. The number of aromatic hydroxyl groups is 1. The molecule has 0 spiro atoms. The van der Waals surface area contributed by atoms with Crippen LogP contribution in [0.15, 0.2) is 81.5 Å². The number of nitro benzene ring substituents is 1. The van der Waals surface area contributed by atoms with Gasteiger partial charge in [-0.1, -0.05) is 35.9 Å². The third kappa shape index (κ3) is 4.87. The molecular weight excluding hydrogens is 522 g/mol. The van der Waals surface area contributed by atoms with Crippen LogP contribution in [0.25, 0.3) is 16.5 Å². The van der Waals surface area contributed by atoms with Crippen LogP contribution < -0.4 is 11.0 Å². The van der Waals surface area contributed by atoms with E-state index in [0.29, 0.717) is 29.5 Å². The van der Waals surface area contributed by atoms with Gasteiger partial charge in [0.05, 0.1) is 27.3 Å². The Bertz CT molecular complexity index is 1780. The maximum absolute atomic E-state index is 13.2. The van der Waals surface area contributed by atoms with Gasteiger partial charge >= 0.3 is 0 Å². The van der Waals surface area contributed by atoms with Crippen LogP contribution >= 0.6 is 0 Å². The van der Waals surface area contributed by atoms with Gasteiger partial charge in [-0.3, -0.25) is 20.3 Å². The molecule has 1 aliphatic heterocycles. The van der Waals surface area contributed by atoms with E-state index in [1.165, 1.54) is 27.2 Å². The van der Waals surface area contributed by atoms with Gasteiger partial charge < -0.3 is 5.11 Å². The molecule has 1 aromatic heterocycles. The highest BCUT2D eigenvalue weighted by Crippen LogP contribution is 2.31. The molecule has 0 amide bonds. The fraction of sp³-hybridized carbons (Fsp3) is 0.185. The normalized spacial score (nSPS) is 14.3. The monoisotopic (exact) mass is 547 g/mol. The van der Waals surface area contributed by atoms with Gasteiger partial charge in [0, 0.05) is 29.9 Å².